The van der Waals surface area contributed by atoms with Gasteiger partial charge in [-0.1, -0.05) is 12.1 Å². The number of nitrogens with two attached hydrogens (primary N) is 1. The van der Waals surface area contributed by atoms with Crippen LogP contribution in [0.1, 0.15) is 30.9 Å². The zero-order valence-corrected chi connectivity index (χ0v) is 10.1. The van der Waals surface area contributed by atoms with Crippen LogP contribution in [-0.4, -0.2) is 24.6 Å². The van der Waals surface area contributed by atoms with Gasteiger partial charge >= 0.3 is 6.09 Å². The molecule has 0 radical (unpaired) electrons. The van der Waals surface area contributed by atoms with Crippen LogP contribution in [-0.2, 0) is 4.74 Å². The van der Waals surface area contributed by atoms with Gasteiger partial charge in [0.2, 0.25) is 0 Å². The van der Waals surface area contributed by atoms with E-state index in [2.05, 4.69) is 0 Å². The standard InChI is InChI=1S/C13H18N2O2/c1-17-13(16)15-9-3-2-4-12(15)10-5-7-11(14)8-6-10/h5-8,12H,2-4,9,14H2,1H3. The maximum atomic E-state index is 11.7. The van der Waals surface area contributed by atoms with Gasteiger partial charge in [0.1, 0.15) is 0 Å². The molecule has 2 rings (SSSR count). The lowest BCUT2D eigenvalue weighted by molar-refractivity contribution is 0.0895. The van der Waals surface area contributed by atoms with Crippen molar-refractivity contribution in [1.29, 1.82) is 0 Å². The summed E-state index contributed by atoms with van der Waals surface area (Å²) >= 11 is 0. The molecule has 2 N–H and O–H groups in total. The van der Waals surface area contributed by atoms with Crippen molar-refractivity contribution in [1.82, 2.24) is 4.90 Å². The van der Waals surface area contributed by atoms with E-state index in [1.54, 1.807) is 4.90 Å². The number of carbonyl (C=O) groups excluding carboxylic acids is 1. The lowest BCUT2D eigenvalue weighted by Crippen LogP contribution is -2.38. The van der Waals surface area contributed by atoms with Crippen LogP contribution in [0.2, 0.25) is 0 Å². The Morgan fingerprint density at radius 3 is 2.71 bits per heavy atom. The zero-order valence-electron chi connectivity index (χ0n) is 10.1. The molecule has 1 atom stereocenters. The van der Waals surface area contributed by atoms with E-state index in [4.69, 9.17) is 10.5 Å². The summed E-state index contributed by atoms with van der Waals surface area (Å²) in [6.45, 7) is 0.766. The fourth-order valence-corrected chi connectivity index (χ4v) is 2.33. The summed E-state index contributed by atoms with van der Waals surface area (Å²) in [5.41, 5.74) is 7.55. The molecule has 4 nitrogen and oxygen atoms in total. The van der Waals surface area contributed by atoms with Crippen molar-refractivity contribution in [3.8, 4) is 0 Å². The van der Waals surface area contributed by atoms with Crippen molar-refractivity contribution in [2.45, 2.75) is 25.3 Å². The topological polar surface area (TPSA) is 55.6 Å². The quantitative estimate of drug-likeness (QED) is 0.760. The molecule has 4 heteroatoms. The van der Waals surface area contributed by atoms with Crippen LogP contribution in [0, 0.1) is 0 Å². The Morgan fingerprint density at radius 2 is 2.06 bits per heavy atom. The highest BCUT2D eigenvalue weighted by Gasteiger charge is 2.28. The number of methoxy groups -OCH3 is 1. The van der Waals surface area contributed by atoms with Crippen LogP contribution in [0.5, 0.6) is 0 Å². The number of likely N-dealkylation sites (tertiary alicyclic amines) is 1. The second kappa shape index (κ2) is 5.08. The molecule has 0 saturated carbocycles. The largest absolute Gasteiger partial charge is 0.453 e. The molecule has 92 valence electrons. The number of hydrogen-bond donors (Lipinski definition) is 1. The average molecular weight is 234 g/mol. The second-order valence-corrected chi connectivity index (χ2v) is 4.34. The third kappa shape index (κ3) is 2.52. The van der Waals surface area contributed by atoms with Gasteiger partial charge in [-0.3, -0.25) is 0 Å². The third-order valence-corrected chi connectivity index (χ3v) is 3.23. The van der Waals surface area contributed by atoms with E-state index in [-0.39, 0.29) is 12.1 Å². The van der Waals surface area contributed by atoms with Gasteiger partial charge in [-0.25, -0.2) is 4.79 Å². The summed E-state index contributed by atoms with van der Waals surface area (Å²) in [7, 11) is 1.43. The summed E-state index contributed by atoms with van der Waals surface area (Å²) < 4.78 is 4.83. The lowest BCUT2D eigenvalue weighted by atomic mass is 9.95. The van der Waals surface area contributed by atoms with E-state index >= 15 is 0 Å². The molecule has 1 aromatic carbocycles. The molecule has 1 fully saturated rings. The summed E-state index contributed by atoms with van der Waals surface area (Å²) in [5.74, 6) is 0. The van der Waals surface area contributed by atoms with Crippen molar-refractivity contribution in [3.63, 3.8) is 0 Å². The van der Waals surface area contributed by atoms with Gasteiger partial charge in [0.05, 0.1) is 13.2 Å². The highest BCUT2D eigenvalue weighted by Crippen LogP contribution is 2.31. The Balaban J connectivity index is 2.21. The van der Waals surface area contributed by atoms with E-state index < -0.39 is 0 Å². The Kier molecular flexibility index (Phi) is 3.52. The first kappa shape index (κ1) is 11.8. The number of rotatable bonds is 1. The molecule has 1 unspecified atom stereocenters. The zero-order chi connectivity index (χ0) is 12.3. The van der Waals surface area contributed by atoms with E-state index in [1.165, 1.54) is 7.11 Å². The van der Waals surface area contributed by atoms with Crippen LogP contribution in [0.3, 0.4) is 0 Å². The Hall–Kier alpha value is -1.71. The Bertz CT molecular complexity index is 389. The number of hydrogen-bond acceptors (Lipinski definition) is 3. The van der Waals surface area contributed by atoms with Crippen molar-refractivity contribution < 1.29 is 9.53 Å². The highest BCUT2D eigenvalue weighted by molar-refractivity contribution is 5.68. The monoisotopic (exact) mass is 234 g/mol. The van der Waals surface area contributed by atoms with Crippen molar-refractivity contribution in [3.05, 3.63) is 29.8 Å². The molecule has 0 aliphatic carbocycles. The second-order valence-electron chi connectivity index (χ2n) is 4.34. The van der Waals surface area contributed by atoms with Crippen LogP contribution in [0.15, 0.2) is 24.3 Å². The predicted molar refractivity (Wildman–Crippen MR) is 66.6 cm³/mol. The highest BCUT2D eigenvalue weighted by atomic mass is 16.5. The number of anilines is 1. The smallest absolute Gasteiger partial charge is 0.409 e. The van der Waals surface area contributed by atoms with E-state index in [0.717, 1.165) is 37.1 Å². The maximum Gasteiger partial charge on any atom is 0.409 e. The van der Waals surface area contributed by atoms with Gasteiger partial charge < -0.3 is 15.4 Å². The average Bonchev–Trinajstić information content (AvgIpc) is 2.39. The minimum atomic E-state index is -0.244. The summed E-state index contributed by atoms with van der Waals surface area (Å²) in [6.07, 6.45) is 2.92. The van der Waals surface area contributed by atoms with Crippen molar-refractivity contribution in [2.75, 3.05) is 19.4 Å². The lowest BCUT2D eigenvalue weighted by Gasteiger charge is -2.34. The number of amides is 1. The van der Waals surface area contributed by atoms with E-state index in [0.29, 0.717) is 0 Å². The number of nitrogen functional groups attached to an aromatic ring is 1. The predicted octanol–water partition coefficient (Wildman–Crippen LogP) is 2.56. The van der Waals surface area contributed by atoms with E-state index in [9.17, 15) is 4.79 Å². The molecule has 1 aliphatic rings. The SMILES string of the molecule is COC(=O)N1CCCCC1c1ccc(N)cc1. The molecule has 1 aromatic rings. The Labute approximate surface area is 101 Å². The van der Waals surface area contributed by atoms with Gasteiger partial charge in [-0.15, -0.1) is 0 Å². The first-order valence-corrected chi connectivity index (χ1v) is 5.92. The molecule has 0 bridgehead atoms. The van der Waals surface area contributed by atoms with Crippen LogP contribution >= 0.6 is 0 Å². The summed E-state index contributed by atoms with van der Waals surface area (Å²) in [4.78, 5) is 13.5. The van der Waals surface area contributed by atoms with Gasteiger partial charge in [0.15, 0.2) is 0 Å². The van der Waals surface area contributed by atoms with Gasteiger partial charge in [-0.05, 0) is 37.0 Å². The van der Waals surface area contributed by atoms with Gasteiger partial charge in [0, 0.05) is 12.2 Å². The fourth-order valence-electron chi connectivity index (χ4n) is 2.33. The number of ether oxygens (including phenoxy) is 1. The van der Waals surface area contributed by atoms with Gasteiger partial charge in [-0.2, -0.15) is 0 Å². The molecule has 1 amide bonds. The number of carbonyl (C=O) groups is 1. The van der Waals surface area contributed by atoms with Crippen molar-refractivity contribution in [2.24, 2.45) is 0 Å². The maximum absolute atomic E-state index is 11.7. The summed E-state index contributed by atoms with van der Waals surface area (Å²) in [6, 6.07) is 7.85. The van der Waals surface area contributed by atoms with Crippen LogP contribution in [0.4, 0.5) is 10.5 Å². The fraction of sp³-hybridized carbons (Fsp3) is 0.462. The summed E-state index contributed by atoms with van der Waals surface area (Å²) in [5, 5.41) is 0. The van der Waals surface area contributed by atoms with Gasteiger partial charge in [0.25, 0.3) is 0 Å². The van der Waals surface area contributed by atoms with Crippen LogP contribution in [0.25, 0.3) is 0 Å². The molecule has 1 heterocycles. The molecule has 17 heavy (non-hydrogen) atoms. The van der Waals surface area contributed by atoms with Crippen molar-refractivity contribution >= 4 is 11.8 Å². The first-order valence-electron chi connectivity index (χ1n) is 5.92. The minimum Gasteiger partial charge on any atom is -0.453 e. The molecular formula is C13H18N2O2. The molecule has 1 saturated heterocycles. The number of benzene rings is 1. The van der Waals surface area contributed by atoms with E-state index in [1.807, 2.05) is 24.3 Å². The Morgan fingerprint density at radius 1 is 1.35 bits per heavy atom. The number of nitrogens with zero attached hydrogens (tertiary/aromatic N) is 1. The third-order valence-electron chi connectivity index (χ3n) is 3.23. The first-order chi connectivity index (χ1) is 8.22. The minimum absolute atomic E-state index is 0.122. The molecular weight excluding hydrogens is 216 g/mol. The number of piperidine rings is 1. The molecule has 0 spiro atoms. The molecule has 0 aromatic heterocycles. The van der Waals surface area contributed by atoms with Crippen LogP contribution < -0.4 is 5.73 Å². The molecule has 1 aliphatic heterocycles. The normalized spacial score (nSPS) is 20.1.